The maximum Gasteiger partial charge on any atom is 0.126 e. The van der Waals surface area contributed by atoms with Crippen molar-refractivity contribution < 1.29 is 9.47 Å². The summed E-state index contributed by atoms with van der Waals surface area (Å²) in [6, 6.07) is 19.6. The largest absolute Gasteiger partial charge is 0.490 e. The van der Waals surface area contributed by atoms with E-state index >= 15 is 0 Å². The van der Waals surface area contributed by atoms with Gasteiger partial charge in [-0.2, -0.15) is 0 Å². The number of halogens is 1. The zero-order chi connectivity index (χ0) is 19.8. The summed E-state index contributed by atoms with van der Waals surface area (Å²) < 4.78 is 11.7. The third kappa shape index (κ3) is 5.89. The number of rotatable bonds is 9. The number of hydrogen-bond donors (Lipinski definition) is 1. The molecule has 4 nitrogen and oxygen atoms in total. The van der Waals surface area contributed by atoms with Gasteiger partial charge in [-0.3, -0.25) is 0 Å². The van der Waals surface area contributed by atoms with Gasteiger partial charge in [0.25, 0.3) is 0 Å². The second-order valence-corrected chi connectivity index (χ2v) is 7.18. The number of nitrogens with one attached hydrogen (secondary N) is 1. The lowest BCUT2D eigenvalue weighted by Crippen LogP contribution is -2.11. The van der Waals surface area contributed by atoms with E-state index in [0.717, 1.165) is 22.9 Å². The van der Waals surface area contributed by atoms with Gasteiger partial charge in [-0.05, 0) is 53.9 Å². The molecule has 1 aromatic heterocycles. The van der Waals surface area contributed by atoms with Crippen LogP contribution in [0.5, 0.6) is 11.5 Å². The van der Waals surface area contributed by atoms with E-state index in [1.807, 2.05) is 48.5 Å². The minimum Gasteiger partial charge on any atom is -0.490 e. The summed E-state index contributed by atoms with van der Waals surface area (Å²) >= 11 is 6.15. The smallest absolute Gasteiger partial charge is 0.126 e. The van der Waals surface area contributed by atoms with E-state index < -0.39 is 0 Å². The second kappa shape index (κ2) is 10.00. The van der Waals surface area contributed by atoms with E-state index in [1.165, 1.54) is 5.56 Å². The summed E-state index contributed by atoms with van der Waals surface area (Å²) in [4.78, 5) is 4.27. The molecule has 0 aliphatic rings. The number of pyridine rings is 1. The minimum absolute atomic E-state index is 0.449. The maximum absolute atomic E-state index is 6.15. The summed E-state index contributed by atoms with van der Waals surface area (Å²) in [5, 5.41) is 3.95. The van der Waals surface area contributed by atoms with Crippen molar-refractivity contribution in [1.82, 2.24) is 4.98 Å². The van der Waals surface area contributed by atoms with Crippen molar-refractivity contribution in [2.75, 3.05) is 18.5 Å². The van der Waals surface area contributed by atoms with Gasteiger partial charge in [-0.15, -0.1) is 0 Å². The van der Waals surface area contributed by atoms with Gasteiger partial charge in [0.15, 0.2) is 0 Å². The minimum atomic E-state index is 0.449. The van der Waals surface area contributed by atoms with Crippen LogP contribution in [-0.2, 0) is 6.54 Å². The van der Waals surface area contributed by atoms with Crippen LogP contribution in [0.4, 0.5) is 5.82 Å². The quantitative estimate of drug-likeness (QED) is 0.455. The molecule has 1 N–H and O–H groups in total. The molecule has 1 heterocycles. The van der Waals surface area contributed by atoms with E-state index in [0.29, 0.717) is 30.7 Å². The average Bonchev–Trinajstić information content (AvgIpc) is 2.72. The van der Waals surface area contributed by atoms with E-state index in [-0.39, 0.29) is 0 Å². The highest BCUT2D eigenvalue weighted by molar-refractivity contribution is 6.30. The van der Waals surface area contributed by atoms with Crippen molar-refractivity contribution in [3.05, 3.63) is 83.0 Å². The molecule has 5 heteroatoms. The van der Waals surface area contributed by atoms with Crippen molar-refractivity contribution in [2.24, 2.45) is 0 Å². The second-order valence-electron chi connectivity index (χ2n) is 6.74. The predicted octanol–water partition coefficient (Wildman–Crippen LogP) is 5.93. The van der Waals surface area contributed by atoms with E-state index in [4.69, 9.17) is 21.1 Å². The average molecular weight is 397 g/mol. The zero-order valence-corrected chi connectivity index (χ0v) is 16.9. The van der Waals surface area contributed by atoms with E-state index in [2.05, 4.69) is 36.3 Å². The Labute approximate surface area is 171 Å². The highest BCUT2D eigenvalue weighted by atomic mass is 35.5. The molecule has 0 saturated carbocycles. The molecule has 0 aliphatic heterocycles. The Bertz CT molecular complexity index is 868. The summed E-state index contributed by atoms with van der Waals surface area (Å²) in [5.41, 5.74) is 2.27. The molecule has 3 aromatic rings. The lowest BCUT2D eigenvalue weighted by atomic mass is 10.0. The molecule has 146 valence electrons. The molecule has 0 atom stereocenters. The van der Waals surface area contributed by atoms with Gasteiger partial charge in [-0.1, -0.05) is 43.6 Å². The van der Waals surface area contributed by atoms with E-state index in [1.54, 1.807) is 6.20 Å². The van der Waals surface area contributed by atoms with Crippen LogP contribution in [0.25, 0.3) is 0 Å². The Balaban J connectivity index is 1.52. The fraction of sp³-hybridized carbons (Fsp3) is 0.261. The molecule has 0 radical (unpaired) electrons. The molecule has 0 bridgehead atoms. The Hall–Kier alpha value is -2.72. The third-order valence-corrected chi connectivity index (χ3v) is 4.54. The van der Waals surface area contributed by atoms with E-state index in [9.17, 15) is 0 Å². The summed E-state index contributed by atoms with van der Waals surface area (Å²) in [5.74, 6) is 2.95. The van der Waals surface area contributed by atoms with Crippen LogP contribution < -0.4 is 14.8 Å². The van der Waals surface area contributed by atoms with Crippen LogP contribution in [0.2, 0.25) is 5.02 Å². The van der Waals surface area contributed by atoms with Crippen LogP contribution in [0.15, 0.2) is 66.9 Å². The van der Waals surface area contributed by atoms with Crippen LogP contribution in [-0.4, -0.2) is 18.2 Å². The fourth-order valence-electron chi connectivity index (χ4n) is 2.74. The van der Waals surface area contributed by atoms with Crippen molar-refractivity contribution in [1.29, 1.82) is 0 Å². The lowest BCUT2D eigenvalue weighted by Gasteiger charge is -2.14. The summed E-state index contributed by atoms with van der Waals surface area (Å²) in [6.45, 7) is 5.84. The van der Waals surface area contributed by atoms with Crippen LogP contribution in [0, 0.1) is 0 Å². The van der Waals surface area contributed by atoms with Gasteiger partial charge in [0, 0.05) is 23.3 Å². The van der Waals surface area contributed by atoms with Gasteiger partial charge >= 0.3 is 0 Å². The first-order valence-corrected chi connectivity index (χ1v) is 9.78. The van der Waals surface area contributed by atoms with Gasteiger partial charge < -0.3 is 14.8 Å². The molecule has 28 heavy (non-hydrogen) atoms. The number of ether oxygens (including phenoxy) is 2. The summed E-state index contributed by atoms with van der Waals surface area (Å²) in [7, 11) is 0. The molecular formula is C23H25ClN2O2. The SMILES string of the molecule is CC(C)c1ccc(OCCOc2ccc(Cl)cc2CNc2ccccn2)cc1. The van der Waals surface area contributed by atoms with Crippen molar-refractivity contribution in [3.63, 3.8) is 0 Å². The van der Waals surface area contributed by atoms with Crippen LogP contribution in [0.1, 0.15) is 30.9 Å². The molecule has 0 unspecified atom stereocenters. The predicted molar refractivity (Wildman–Crippen MR) is 115 cm³/mol. The van der Waals surface area contributed by atoms with Gasteiger partial charge in [0.2, 0.25) is 0 Å². The molecule has 3 rings (SSSR count). The Morgan fingerprint density at radius 1 is 0.964 bits per heavy atom. The van der Waals surface area contributed by atoms with Gasteiger partial charge in [0.05, 0.1) is 0 Å². The number of anilines is 1. The first-order valence-electron chi connectivity index (χ1n) is 9.40. The Morgan fingerprint density at radius 2 is 1.75 bits per heavy atom. The molecular weight excluding hydrogens is 372 g/mol. The molecule has 0 spiro atoms. The maximum atomic E-state index is 6.15. The fourth-order valence-corrected chi connectivity index (χ4v) is 2.93. The highest BCUT2D eigenvalue weighted by Crippen LogP contribution is 2.24. The number of hydrogen-bond acceptors (Lipinski definition) is 4. The van der Waals surface area contributed by atoms with Crippen molar-refractivity contribution in [2.45, 2.75) is 26.3 Å². The number of benzene rings is 2. The van der Waals surface area contributed by atoms with Crippen molar-refractivity contribution >= 4 is 17.4 Å². The highest BCUT2D eigenvalue weighted by Gasteiger charge is 2.06. The normalized spacial score (nSPS) is 10.7. The molecule has 0 saturated heterocycles. The Morgan fingerprint density at radius 3 is 2.46 bits per heavy atom. The van der Waals surface area contributed by atoms with Gasteiger partial charge in [-0.25, -0.2) is 4.98 Å². The van der Waals surface area contributed by atoms with Crippen LogP contribution >= 0.6 is 11.6 Å². The first kappa shape index (κ1) is 20.0. The monoisotopic (exact) mass is 396 g/mol. The zero-order valence-electron chi connectivity index (χ0n) is 16.2. The standard InChI is InChI=1S/C23H25ClN2O2/c1-17(2)18-6-9-21(10-7-18)27-13-14-28-22-11-8-20(24)15-19(22)16-26-23-5-3-4-12-25-23/h3-12,15,17H,13-14,16H2,1-2H3,(H,25,26). The topological polar surface area (TPSA) is 43.4 Å². The van der Waals surface area contributed by atoms with Crippen molar-refractivity contribution in [3.8, 4) is 11.5 Å². The molecule has 0 aliphatic carbocycles. The van der Waals surface area contributed by atoms with Crippen LogP contribution in [0.3, 0.4) is 0 Å². The Kier molecular flexibility index (Phi) is 7.15. The number of nitrogens with zero attached hydrogens (tertiary/aromatic N) is 1. The molecule has 0 amide bonds. The first-order chi connectivity index (χ1) is 13.6. The third-order valence-electron chi connectivity index (χ3n) is 4.30. The lowest BCUT2D eigenvalue weighted by molar-refractivity contribution is 0.216. The molecule has 2 aromatic carbocycles. The number of aromatic nitrogens is 1. The molecule has 0 fully saturated rings. The van der Waals surface area contributed by atoms with Gasteiger partial charge in [0.1, 0.15) is 30.5 Å². The summed E-state index contributed by atoms with van der Waals surface area (Å²) in [6.07, 6.45) is 1.75.